The minimum atomic E-state index is -4.77. The summed E-state index contributed by atoms with van der Waals surface area (Å²) in [6.45, 7) is 1.63. The molecule has 0 spiro atoms. The third kappa shape index (κ3) is 2.00. The highest BCUT2D eigenvalue weighted by atomic mass is 19.4. The molecule has 6 nitrogen and oxygen atoms in total. The molecule has 1 saturated heterocycles. The van der Waals surface area contributed by atoms with E-state index in [-0.39, 0.29) is 23.2 Å². The standard InChI is InChI=1S/C17H13F3N2O4/c1-16-5-10(23)13(26-16)11-12(16)15(25)22(14(11)24)8-3-2-7(6-21)9(4-8)17(18,19)20/h2-4,10,13,23-25H,5H2,1H3/t10-,13-,16+/m0/s1. The van der Waals surface area contributed by atoms with Crippen LogP contribution in [0.2, 0.25) is 0 Å². The molecule has 0 saturated carbocycles. The highest BCUT2D eigenvalue weighted by molar-refractivity contribution is 5.60. The van der Waals surface area contributed by atoms with Gasteiger partial charge in [0.05, 0.1) is 45.7 Å². The molecule has 26 heavy (non-hydrogen) atoms. The van der Waals surface area contributed by atoms with Crippen LogP contribution in [-0.4, -0.2) is 26.0 Å². The molecule has 0 radical (unpaired) electrons. The second kappa shape index (κ2) is 4.93. The molecule has 2 bridgehead atoms. The summed E-state index contributed by atoms with van der Waals surface area (Å²) in [4.78, 5) is 0. The molecular formula is C17H13F3N2O4. The van der Waals surface area contributed by atoms with Crippen molar-refractivity contribution in [3.05, 3.63) is 40.5 Å². The molecule has 1 fully saturated rings. The van der Waals surface area contributed by atoms with Gasteiger partial charge in [-0.25, -0.2) is 0 Å². The quantitative estimate of drug-likeness (QED) is 0.721. The van der Waals surface area contributed by atoms with Gasteiger partial charge in [0.2, 0.25) is 11.8 Å². The maximum atomic E-state index is 13.2. The van der Waals surface area contributed by atoms with Crippen LogP contribution in [0.1, 0.15) is 41.7 Å². The van der Waals surface area contributed by atoms with E-state index in [4.69, 9.17) is 10.00 Å². The van der Waals surface area contributed by atoms with Crippen molar-refractivity contribution in [1.82, 2.24) is 4.57 Å². The summed E-state index contributed by atoms with van der Waals surface area (Å²) in [5.41, 5.74) is -2.50. The number of rotatable bonds is 1. The number of benzene rings is 1. The summed E-state index contributed by atoms with van der Waals surface area (Å²) in [5, 5.41) is 40.0. The number of aliphatic hydroxyl groups is 1. The van der Waals surface area contributed by atoms with Crippen LogP contribution in [-0.2, 0) is 16.5 Å². The van der Waals surface area contributed by atoms with E-state index in [1.54, 1.807) is 6.92 Å². The lowest BCUT2D eigenvalue weighted by atomic mass is 9.84. The van der Waals surface area contributed by atoms with Crippen molar-refractivity contribution in [2.24, 2.45) is 0 Å². The van der Waals surface area contributed by atoms with E-state index in [1.807, 2.05) is 0 Å². The molecule has 0 unspecified atom stereocenters. The summed E-state index contributed by atoms with van der Waals surface area (Å²) in [7, 11) is 0. The fraction of sp³-hybridized carbons (Fsp3) is 0.353. The topological polar surface area (TPSA) is 98.6 Å². The molecule has 3 N–H and O–H groups in total. The van der Waals surface area contributed by atoms with Crippen LogP contribution in [0.15, 0.2) is 18.2 Å². The predicted molar refractivity (Wildman–Crippen MR) is 80.6 cm³/mol. The summed E-state index contributed by atoms with van der Waals surface area (Å²) in [5.74, 6) is -0.949. The number of fused-ring (bicyclic) bond motifs is 5. The Kier molecular flexibility index (Phi) is 3.18. The van der Waals surface area contributed by atoms with Gasteiger partial charge in [0.15, 0.2) is 0 Å². The van der Waals surface area contributed by atoms with E-state index in [0.29, 0.717) is 6.07 Å². The highest BCUT2D eigenvalue weighted by Gasteiger charge is 2.57. The molecule has 136 valence electrons. The van der Waals surface area contributed by atoms with Gasteiger partial charge < -0.3 is 20.1 Å². The molecule has 3 heterocycles. The van der Waals surface area contributed by atoms with Crippen molar-refractivity contribution < 1.29 is 33.2 Å². The molecule has 2 aromatic rings. The first-order valence-corrected chi connectivity index (χ1v) is 7.73. The molecule has 2 aliphatic rings. The average molecular weight is 366 g/mol. The largest absolute Gasteiger partial charge is 0.494 e. The Hall–Kier alpha value is -2.70. The molecule has 1 aromatic heterocycles. The monoisotopic (exact) mass is 366 g/mol. The Morgan fingerprint density at radius 1 is 1.31 bits per heavy atom. The number of alkyl halides is 3. The van der Waals surface area contributed by atoms with Crippen molar-refractivity contribution in [2.45, 2.75) is 37.3 Å². The predicted octanol–water partition coefficient (Wildman–Crippen LogP) is 2.83. The van der Waals surface area contributed by atoms with Crippen LogP contribution in [0, 0.1) is 11.3 Å². The minimum absolute atomic E-state index is 0.154. The van der Waals surface area contributed by atoms with Gasteiger partial charge in [-0.3, -0.25) is 4.57 Å². The molecule has 3 atom stereocenters. The summed E-state index contributed by atoms with van der Waals surface area (Å²) >= 11 is 0. The number of hydrogen-bond donors (Lipinski definition) is 3. The van der Waals surface area contributed by atoms with Gasteiger partial charge in [0, 0.05) is 6.42 Å². The van der Waals surface area contributed by atoms with Crippen LogP contribution < -0.4 is 0 Å². The molecule has 2 aliphatic heterocycles. The molecule has 0 aliphatic carbocycles. The lowest BCUT2D eigenvalue weighted by Gasteiger charge is -2.21. The SMILES string of the molecule is C[C@]12C[C@H](O)[C@H](O1)c1c2c(O)n(-c2ccc(C#N)c(C(F)(F)F)c2)c1O. The van der Waals surface area contributed by atoms with Crippen LogP contribution in [0.5, 0.6) is 11.8 Å². The Labute approximate surface area is 145 Å². The Morgan fingerprint density at radius 3 is 2.62 bits per heavy atom. The minimum Gasteiger partial charge on any atom is -0.494 e. The van der Waals surface area contributed by atoms with Crippen molar-refractivity contribution in [2.75, 3.05) is 0 Å². The van der Waals surface area contributed by atoms with E-state index in [0.717, 1.165) is 10.6 Å². The normalized spacial score (nSPS) is 26.8. The van der Waals surface area contributed by atoms with Gasteiger partial charge in [0.1, 0.15) is 6.10 Å². The van der Waals surface area contributed by atoms with E-state index in [1.165, 1.54) is 12.1 Å². The number of halogens is 3. The van der Waals surface area contributed by atoms with Gasteiger partial charge in [0.25, 0.3) is 0 Å². The third-order valence-electron chi connectivity index (χ3n) is 4.99. The first-order valence-electron chi connectivity index (χ1n) is 7.73. The smallest absolute Gasteiger partial charge is 0.417 e. The number of aliphatic hydroxyl groups excluding tert-OH is 1. The zero-order chi connectivity index (χ0) is 19.0. The summed E-state index contributed by atoms with van der Waals surface area (Å²) < 4.78 is 46.1. The molecule has 9 heteroatoms. The molecule has 4 rings (SSSR count). The lowest BCUT2D eigenvalue weighted by Crippen LogP contribution is -2.22. The summed E-state index contributed by atoms with van der Waals surface area (Å²) in [6, 6.07) is 4.34. The third-order valence-corrected chi connectivity index (χ3v) is 4.99. The maximum Gasteiger partial charge on any atom is 0.417 e. The number of aromatic hydroxyl groups is 2. The number of hydrogen-bond acceptors (Lipinski definition) is 5. The highest BCUT2D eigenvalue weighted by Crippen LogP contribution is 2.61. The fourth-order valence-corrected chi connectivity index (χ4v) is 3.93. The molecule has 0 amide bonds. The van der Waals surface area contributed by atoms with Crippen molar-refractivity contribution in [3.8, 4) is 23.5 Å². The van der Waals surface area contributed by atoms with E-state index < -0.39 is 46.9 Å². The van der Waals surface area contributed by atoms with Gasteiger partial charge in [-0.15, -0.1) is 0 Å². The van der Waals surface area contributed by atoms with Crippen LogP contribution >= 0.6 is 0 Å². The van der Waals surface area contributed by atoms with Gasteiger partial charge in [-0.1, -0.05) is 0 Å². The number of nitrogens with zero attached hydrogens (tertiary/aromatic N) is 2. The van der Waals surface area contributed by atoms with Crippen LogP contribution in [0.4, 0.5) is 13.2 Å². The van der Waals surface area contributed by atoms with Gasteiger partial charge >= 0.3 is 6.18 Å². The van der Waals surface area contributed by atoms with Crippen molar-refractivity contribution in [1.29, 1.82) is 5.26 Å². The first-order chi connectivity index (χ1) is 12.1. The Balaban J connectivity index is 1.94. The first kappa shape index (κ1) is 16.8. The zero-order valence-corrected chi connectivity index (χ0v) is 13.4. The number of aromatic nitrogens is 1. The summed E-state index contributed by atoms with van der Waals surface area (Å²) in [6.07, 6.45) is -6.32. The second-order valence-electron chi connectivity index (χ2n) is 6.65. The second-order valence-corrected chi connectivity index (χ2v) is 6.65. The fourth-order valence-electron chi connectivity index (χ4n) is 3.93. The molecule has 1 aromatic carbocycles. The van der Waals surface area contributed by atoms with Crippen molar-refractivity contribution >= 4 is 0 Å². The van der Waals surface area contributed by atoms with Crippen LogP contribution in [0.25, 0.3) is 5.69 Å². The number of ether oxygens (including phenoxy) is 1. The van der Waals surface area contributed by atoms with E-state index in [9.17, 15) is 28.5 Å². The average Bonchev–Trinajstić information content (AvgIpc) is 3.12. The zero-order valence-electron chi connectivity index (χ0n) is 13.4. The maximum absolute atomic E-state index is 13.2. The lowest BCUT2D eigenvalue weighted by molar-refractivity contribution is -0.137. The van der Waals surface area contributed by atoms with Gasteiger partial charge in [-0.05, 0) is 25.1 Å². The molecular weight excluding hydrogens is 353 g/mol. The van der Waals surface area contributed by atoms with Crippen molar-refractivity contribution in [3.63, 3.8) is 0 Å². The number of nitriles is 1. The van der Waals surface area contributed by atoms with E-state index >= 15 is 0 Å². The van der Waals surface area contributed by atoms with E-state index in [2.05, 4.69) is 0 Å². The Bertz CT molecular complexity index is 976. The van der Waals surface area contributed by atoms with Gasteiger partial charge in [-0.2, -0.15) is 18.4 Å². The van der Waals surface area contributed by atoms with Crippen LogP contribution in [0.3, 0.4) is 0 Å². The Morgan fingerprint density at radius 2 is 2.00 bits per heavy atom.